The SMILES string of the molecule is C#CCCC(O)C1(C)CCCS1. The summed E-state index contributed by atoms with van der Waals surface area (Å²) in [7, 11) is 0. The van der Waals surface area contributed by atoms with E-state index in [1.807, 2.05) is 11.8 Å². The molecule has 0 aromatic rings. The van der Waals surface area contributed by atoms with E-state index in [0.717, 1.165) is 12.8 Å². The lowest BCUT2D eigenvalue weighted by atomic mass is 9.95. The van der Waals surface area contributed by atoms with Crippen molar-refractivity contribution in [1.29, 1.82) is 0 Å². The van der Waals surface area contributed by atoms with Crippen molar-refractivity contribution in [2.24, 2.45) is 0 Å². The first-order valence-electron chi connectivity index (χ1n) is 4.44. The second kappa shape index (κ2) is 4.20. The van der Waals surface area contributed by atoms with Crippen LogP contribution in [0.5, 0.6) is 0 Å². The summed E-state index contributed by atoms with van der Waals surface area (Å²) in [5.74, 6) is 3.75. The number of hydrogen-bond acceptors (Lipinski definition) is 2. The fourth-order valence-corrected chi connectivity index (χ4v) is 2.94. The maximum atomic E-state index is 9.82. The van der Waals surface area contributed by atoms with Gasteiger partial charge in [-0.1, -0.05) is 0 Å². The minimum atomic E-state index is -0.221. The molecule has 2 heteroatoms. The predicted octanol–water partition coefficient (Wildman–Crippen LogP) is 2.05. The zero-order valence-corrected chi connectivity index (χ0v) is 8.36. The molecule has 12 heavy (non-hydrogen) atoms. The molecule has 1 saturated heterocycles. The smallest absolute Gasteiger partial charge is 0.0693 e. The Morgan fingerprint density at radius 2 is 2.50 bits per heavy atom. The molecule has 1 fully saturated rings. The van der Waals surface area contributed by atoms with Gasteiger partial charge in [-0.3, -0.25) is 0 Å². The zero-order valence-electron chi connectivity index (χ0n) is 7.55. The molecule has 0 amide bonds. The Bertz CT molecular complexity index is 177. The minimum Gasteiger partial charge on any atom is -0.392 e. The molecule has 1 heterocycles. The molecule has 0 aromatic heterocycles. The van der Waals surface area contributed by atoms with Crippen molar-refractivity contribution in [3.05, 3.63) is 0 Å². The van der Waals surface area contributed by atoms with Gasteiger partial charge in [0.05, 0.1) is 6.10 Å². The zero-order chi connectivity index (χ0) is 9.03. The molecule has 0 aliphatic carbocycles. The Labute approximate surface area is 78.9 Å². The van der Waals surface area contributed by atoms with Gasteiger partial charge in [-0.2, -0.15) is 11.8 Å². The third-order valence-electron chi connectivity index (χ3n) is 2.52. The van der Waals surface area contributed by atoms with Crippen molar-refractivity contribution < 1.29 is 5.11 Å². The van der Waals surface area contributed by atoms with E-state index in [0.29, 0.717) is 6.42 Å². The first-order chi connectivity index (χ1) is 5.69. The largest absolute Gasteiger partial charge is 0.392 e. The second-order valence-corrected chi connectivity index (χ2v) is 5.15. The van der Waals surface area contributed by atoms with Gasteiger partial charge in [0.15, 0.2) is 0 Å². The fraction of sp³-hybridized carbons (Fsp3) is 0.800. The molecule has 0 radical (unpaired) electrons. The van der Waals surface area contributed by atoms with Gasteiger partial charge in [-0.25, -0.2) is 0 Å². The first kappa shape index (κ1) is 9.95. The number of hydrogen-bond donors (Lipinski definition) is 1. The first-order valence-corrected chi connectivity index (χ1v) is 5.43. The molecule has 0 aromatic carbocycles. The molecular formula is C10H16OS. The number of thioether (sulfide) groups is 1. The van der Waals surface area contributed by atoms with Gasteiger partial charge in [0.25, 0.3) is 0 Å². The van der Waals surface area contributed by atoms with E-state index in [2.05, 4.69) is 12.8 Å². The molecule has 0 spiro atoms. The summed E-state index contributed by atoms with van der Waals surface area (Å²) in [4.78, 5) is 0. The van der Waals surface area contributed by atoms with Crippen molar-refractivity contribution in [1.82, 2.24) is 0 Å². The van der Waals surface area contributed by atoms with Crippen LogP contribution in [0.2, 0.25) is 0 Å². The quantitative estimate of drug-likeness (QED) is 0.677. The van der Waals surface area contributed by atoms with Crippen LogP contribution in [0.4, 0.5) is 0 Å². The molecule has 1 nitrogen and oxygen atoms in total. The average Bonchev–Trinajstić information content (AvgIpc) is 2.49. The van der Waals surface area contributed by atoms with Crippen LogP contribution < -0.4 is 0 Å². The van der Waals surface area contributed by atoms with Crippen LogP contribution in [-0.2, 0) is 0 Å². The maximum absolute atomic E-state index is 9.82. The Morgan fingerprint density at radius 3 is 3.00 bits per heavy atom. The third kappa shape index (κ3) is 2.18. The van der Waals surface area contributed by atoms with Gasteiger partial charge in [0.1, 0.15) is 0 Å². The molecule has 0 bridgehead atoms. The van der Waals surface area contributed by atoms with Gasteiger partial charge in [-0.05, 0) is 31.9 Å². The average molecular weight is 184 g/mol. The molecule has 1 aliphatic rings. The van der Waals surface area contributed by atoms with E-state index < -0.39 is 0 Å². The van der Waals surface area contributed by atoms with E-state index in [4.69, 9.17) is 6.42 Å². The van der Waals surface area contributed by atoms with Gasteiger partial charge in [0, 0.05) is 11.2 Å². The summed E-state index contributed by atoms with van der Waals surface area (Å²) in [6, 6.07) is 0. The van der Waals surface area contributed by atoms with Crippen molar-refractivity contribution in [3.8, 4) is 12.3 Å². The number of aliphatic hydroxyl groups is 1. The van der Waals surface area contributed by atoms with Gasteiger partial charge >= 0.3 is 0 Å². The van der Waals surface area contributed by atoms with Crippen LogP contribution in [0.1, 0.15) is 32.6 Å². The topological polar surface area (TPSA) is 20.2 Å². The monoisotopic (exact) mass is 184 g/mol. The summed E-state index contributed by atoms with van der Waals surface area (Å²) >= 11 is 1.88. The third-order valence-corrected chi connectivity index (χ3v) is 4.14. The van der Waals surface area contributed by atoms with Crippen LogP contribution in [0.15, 0.2) is 0 Å². The molecule has 2 unspecified atom stereocenters. The van der Waals surface area contributed by atoms with Gasteiger partial charge in [-0.15, -0.1) is 12.3 Å². The van der Waals surface area contributed by atoms with Crippen molar-refractivity contribution in [3.63, 3.8) is 0 Å². The van der Waals surface area contributed by atoms with E-state index in [9.17, 15) is 5.11 Å². The highest BCUT2D eigenvalue weighted by Gasteiger charge is 2.36. The molecule has 2 atom stereocenters. The summed E-state index contributed by atoms with van der Waals surface area (Å²) in [6.07, 6.45) is 8.73. The maximum Gasteiger partial charge on any atom is 0.0693 e. The van der Waals surface area contributed by atoms with Gasteiger partial charge < -0.3 is 5.11 Å². The van der Waals surface area contributed by atoms with Crippen LogP contribution >= 0.6 is 11.8 Å². The minimum absolute atomic E-state index is 0.0802. The lowest BCUT2D eigenvalue weighted by molar-refractivity contribution is 0.126. The van der Waals surface area contributed by atoms with Crippen molar-refractivity contribution >= 4 is 11.8 Å². The molecule has 1 aliphatic heterocycles. The number of terminal acetylenes is 1. The Kier molecular flexibility index (Phi) is 3.49. The Hall–Kier alpha value is -0.130. The molecule has 68 valence electrons. The van der Waals surface area contributed by atoms with E-state index in [-0.39, 0.29) is 10.9 Å². The van der Waals surface area contributed by atoms with Gasteiger partial charge in [0.2, 0.25) is 0 Å². The number of aliphatic hydroxyl groups excluding tert-OH is 1. The summed E-state index contributed by atoms with van der Waals surface area (Å²) in [6.45, 7) is 2.14. The summed E-state index contributed by atoms with van der Waals surface area (Å²) in [5, 5.41) is 9.82. The lowest BCUT2D eigenvalue weighted by Crippen LogP contribution is -2.33. The predicted molar refractivity (Wildman–Crippen MR) is 54.2 cm³/mol. The van der Waals surface area contributed by atoms with Crippen LogP contribution in [-0.4, -0.2) is 21.7 Å². The highest BCUT2D eigenvalue weighted by atomic mass is 32.2. The molecular weight excluding hydrogens is 168 g/mol. The lowest BCUT2D eigenvalue weighted by Gasteiger charge is -2.28. The van der Waals surface area contributed by atoms with Crippen LogP contribution in [0.25, 0.3) is 0 Å². The van der Waals surface area contributed by atoms with Crippen molar-refractivity contribution in [2.45, 2.75) is 43.5 Å². The summed E-state index contributed by atoms with van der Waals surface area (Å²) < 4.78 is 0.0802. The van der Waals surface area contributed by atoms with E-state index >= 15 is 0 Å². The second-order valence-electron chi connectivity index (χ2n) is 3.52. The highest BCUT2D eigenvalue weighted by Crippen LogP contribution is 2.41. The van der Waals surface area contributed by atoms with Crippen LogP contribution in [0, 0.1) is 12.3 Å². The van der Waals surface area contributed by atoms with Crippen LogP contribution in [0.3, 0.4) is 0 Å². The molecule has 0 saturated carbocycles. The molecule has 1 N–H and O–H groups in total. The fourth-order valence-electron chi connectivity index (χ4n) is 1.59. The van der Waals surface area contributed by atoms with E-state index in [1.54, 1.807) is 0 Å². The van der Waals surface area contributed by atoms with E-state index in [1.165, 1.54) is 12.2 Å². The Morgan fingerprint density at radius 1 is 1.75 bits per heavy atom. The normalized spacial score (nSPS) is 31.4. The van der Waals surface area contributed by atoms with Crippen molar-refractivity contribution in [2.75, 3.05) is 5.75 Å². The number of rotatable bonds is 3. The highest BCUT2D eigenvalue weighted by molar-refractivity contribution is 8.00. The Balaban J connectivity index is 2.39. The molecule has 1 rings (SSSR count). The summed E-state index contributed by atoms with van der Waals surface area (Å²) in [5.41, 5.74) is 0. The standard InChI is InChI=1S/C10H16OS/c1-3-4-6-9(11)10(2)7-5-8-12-10/h1,9,11H,4-8H2,2H3.